The molecule has 0 spiro atoms. The van der Waals surface area contributed by atoms with E-state index < -0.39 is 32.7 Å². The van der Waals surface area contributed by atoms with Gasteiger partial charge >= 0.3 is 0 Å². The van der Waals surface area contributed by atoms with Crippen LogP contribution in [0, 0.1) is 19.7 Å². The van der Waals surface area contributed by atoms with E-state index in [1.165, 1.54) is 30.0 Å². The van der Waals surface area contributed by atoms with Crippen LogP contribution in [0.2, 0.25) is 0 Å². The molecule has 0 fully saturated rings. The van der Waals surface area contributed by atoms with Crippen molar-refractivity contribution >= 4 is 33.4 Å². The van der Waals surface area contributed by atoms with E-state index in [4.69, 9.17) is 0 Å². The third-order valence-corrected chi connectivity index (χ3v) is 5.99. The Balaban J connectivity index is 2.23. The van der Waals surface area contributed by atoms with Crippen LogP contribution in [0.25, 0.3) is 0 Å². The normalized spacial score (nSPS) is 12.6. The Kier molecular flexibility index (Phi) is 7.41. The van der Waals surface area contributed by atoms with Gasteiger partial charge in [0.2, 0.25) is 15.9 Å². The number of hydrogen-bond acceptors (Lipinski definition) is 4. The summed E-state index contributed by atoms with van der Waals surface area (Å²) in [5.74, 6) is -0.762. The zero-order valence-electron chi connectivity index (χ0n) is 15.5. The summed E-state index contributed by atoms with van der Waals surface area (Å²) in [6, 6.07) is 9.66. The topological polar surface area (TPSA) is 75.3 Å². The number of amides is 1. The fourth-order valence-corrected chi connectivity index (χ4v) is 4.45. The Morgan fingerprint density at radius 3 is 2.37 bits per heavy atom. The van der Waals surface area contributed by atoms with Gasteiger partial charge in [0.15, 0.2) is 0 Å². The maximum Gasteiger partial charge on any atom is 0.244 e. The average Bonchev–Trinajstić information content (AvgIpc) is 2.57. The number of hydrogen-bond donors (Lipinski definition) is 2. The van der Waals surface area contributed by atoms with Crippen LogP contribution in [0.3, 0.4) is 0 Å². The summed E-state index contributed by atoms with van der Waals surface area (Å²) in [6.07, 6.45) is 2.15. The van der Waals surface area contributed by atoms with Crippen molar-refractivity contribution in [1.29, 1.82) is 0 Å². The zero-order chi connectivity index (χ0) is 20.0. The van der Waals surface area contributed by atoms with Crippen molar-refractivity contribution in [2.24, 2.45) is 0 Å². The molecule has 2 aromatic rings. The summed E-state index contributed by atoms with van der Waals surface area (Å²) >= 11 is 1.49. The fourth-order valence-electron chi connectivity index (χ4n) is 2.67. The van der Waals surface area contributed by atoms with Gasteiger partial charge in [-0.2, -0.15) is 16.5 Å². The van der Waals surface area contributed by atoms with Gasteiger partial charge in [-0.05, 0) is 67.7 Å². The molecule has 5 nitrogen and oxygen atoms in total. The predicted octanol–water partition coefficient (Wildman–Crippen LogP) is 3.48. The Morgan fingerprint density at radius 1 is 1.15 bits per heavy atom. The maximum absolute atomic E-state index is 13.9. The summed E-state index contributed by atoms with van der Waals surface area (Å²) in [4.78, 5) is 12.2. The van der Waals surface area contributed by atoms with Crippen molar-refractivity contribution in [1.82, 2.24) is 4.72 Å². The molecule has 8 heteroatoms. The summed E-state index contributed by atoms with van der Waals surface area (Å²) in [6.45, 7) is 3.82. The first-order valence-electron chi connectivity index (χ1n) is 8.38. The SMILES string of the molecule is CSCC[C@H](NS(=O)(=O)c1ccccc1F)C(=O)Nc1cc(C)cc(C)c1. The van der Waals surface area contributed by atoms with Crippen molar-refractivity contribution in [2.45, 2.75) is 31.2 Å². The molecule has 0 aromatic heterocycles. The molecule has 0 aliphatic rings. The summed E-state index contributed by atoms with van der Waals surface area (Å²) < 4.78 is 41.3. The standard InChI is InChI=1S/C19H23FN2O3S2/c1-13-10-14(2)12-15(11-13)21-19(23)17(8-9-26-3)22-27(24,25)18-7-5-4-6-16(18)20/h4-7,10-12,17,22H,8-9H2,1-3H3,(H,21,23)/t17-/m0/s1. The van der Waals surface area contributed by atoms with Gasteiger partial charge in [0, 0.05) is 5.69 Å². The quantitative estimate of drug-likeness (QED) is 0.699. The van der Waals surface area contributed by atoms with Crippen molar-refractivity contribution in [3.05, 3.63) is 59.4 Å². The van der Waals surface area contributed by atoms with Crippen LogP contribution in [0.5, 0.6) is 0 Å². The van der Waals surface area contributed by atoms with Gasteiger partial charge in [-0.3, -0.25) is 4.79 Å². The van der Waals surface area contributed by atoms with Crippen molar-refractivity contribution in [3.63, 3.8) is 0 Å². The highest BCUT2D eigenvalue weighted by Gasteiger charge is 2.27. The smallest absolute Gasteiger partial charge is 0.244 e. The number of thioether (sulfide) groups is 1. The molecular formula is C19H23FN2O3S2. The van der Waals surface area contributed by atoms with E-state index in [2.05, 4.69) is 10.0 Å². The van der Waals surface area contributed by atoms with Gasteiger partial charge in [0.05, 0.1) is 0 Å². The molecule has 2 aromatic carbocycles. The highest BCUT2D eigenvalue weighted by atomic mass is 32.2. The van der Waals surface area contributed by atoms with Crippen molar-refractivity contribution in [3.8, 4) is 0 Å². The van der Waals surface area contributed by atoms with Gasteiger partial charge in [-0.25, -0.2) is 12.8 Å². The van der Waals surface area contributed by atoms with Crippen molar-refractivity contribution < 1.29 is 17.6 Å². The Hall–Kier alpha value is -1.90. The molecule has 1 atom stereocenters. The van der Waals surface area contributed by atoms with E-state index in [1.807, 2.05) is 38.3 Å². The Morgan fingerprint density at radius 2 is 1.78 bits per heavy atom. The molecule has 0 heterocycles. The number of rotatable bonds is 8. The second kappa shape index (κ2) is 9.34. The first kappa shape index (κ1) is 21.4. The van der Waals surface area contributed by atoms with E-state index in [9.17, 15) is 17.6 Å². The molecule has 0 saturated carbocycles. The molecule has 0 saturated heterocycles. The Labute approximate surface area is 163 Å². The summed E-state index contributed by atoms with van der Waals surface area (Å²) in [5.41, 5.74) is 2.56. The average molecular weight is 411 g/mol. The molecule has 0 aliphatic carbocycles. The number of nitrogens with one attached hydrogen (secondary N) is 2. The second-order valence-corrected chi connectivity index (χ2v) is 8.92. The predicted molar refractivity (Wildman–Crippen MR) is 108 cm³/mol. The van der Waals surface area contributed by atoms with Crippen LogP contribution in [-0.2, 0) is 14.8 Å². The molecule has 146 valence electrons. The molecule has 1 amide bonds. The molecule has 0 aliphatic heterocycles. The molecule has 27 heavy (non-hydrogen) atoms. The fraction of sp³-hybridized carbons (Fsp3) is 0.316. The minimum atomic E-state index is -4.17. The van der Waals surface area contributed by atoms with E-state index in [0.29, 0.717) is 11.4 Å². The Bertz CT molecular complexity index is 897. The van der Waals surface area contributed by atoms with E-state index >= 15 is 0 Å². The zero-order valence-corrected chi connectivity index (χ0v) is 17.1. The van der Waals surface area contributed by atoms with Crippen LogP contribution in [0.4, 0.5) is 10.1 Å². The number of carbonyl (C=O) groups is 1. The number of anilines is 1. The third-order valence-electron chi connectivity index (χ3n) is 3.84. The molecule has 2 rings (SSSR count). The lowest BCUT2D eigenvalue weighted by Gasteiger charge is -2.19. The highest BCUT2D eigenvalue weighted by Crippen LogP contribution is 2.17. The van der Waals surface area contributed by atoms with Gasteiger partial charge in [-0.15, -0.1) is 0 Å². The number of benzene rings is 2. The van der Waals surface area contributed by atoms with Crippen LogP contribution >= 0.6 is 11.8 Å². The van der Waals surface area contributed by atoms with Gasteiger partial charge in [-0.1, -0.05) is 18.2 Å². The molecule has 0 bridgehead atoms. The molecule has 0 unspecified atom stereocenters. The van der Waals surface area contributed by atoms with Crippen LogP contribution in [0.1, 0.15) is 17.5 Å². The minimum Gasteiger partial charge on any atom is -0.325 e. The van der Waals surface area contributed by atoms with Gasteiger partial charge in [0.1, 0.15) is 16.8 Å². The lowest BCUT2D eigenvalue weighted by atomic mass is 10.1. The van der Waals surface area contributed by atoms with Gasteiger partial charge < -0.3 is 5.32 Å². The molecule has 0 radical (unpaired) electrons. The van der Waals surface area contributed by atoms with Crippen LogP contribution < -0.4 is 10.0 Å². The van der Waals surface area contributed by atoms with E-state index in [1.54, 1.807) is 0 Å². The van der Waals surface area contributed by atoms with E-state index in [0.717, 1.165) is 17.2 Å². The first-order valence-corrected chi connectivity index (χ1v) is 11.3. The maximum atomic E-state index is 13.9. The first-order chi connectivity index (χ1) is 12.7. The van der Waals surface area contributed by atoms with Crippen molar-refractivity contribution in [2.75, 3.05) is 17.3 Å². The van der Waals surface area contributed by atoms with E-state index in [-0.39, 0.29) is 6.42 Å². The third kappa shape index (κ3) is 6.05. The highest BCUT2D eigenvalue weighted by molar-refractivity contribution is 7.98. The number of carbonyl (C=O) groups excluding carboxylic acids is 1. The lowest BCUT2D eigenvalue weighted by molar-refractivity contribution is -0.117. The van der Waals surface area contributed by atoms with Gasteiger partial charge in [0.25, 0.3) is 0 Å². The largest absolute Gasteiger partial charge is 0.325 e. The lowest BCUT2D eigenvalue weighted by Crippen LogP contribution is -2.44. The molecular weight excluding hydrogens is 387 g/mol. The van der Waals surface area contributed by atoms with Crippen LogP contribution in [-0.4, -0.2) is 32.4 Å². The minimum absolute atomic E-state index is 0.283. The van der Waals surface area contributed by atoms with Crippen LogP contribution in [0.15, 0.2) is 47.4 Å². The number of halogens is 1. The monoisotopic (exact) mass is 410 g/mol. The molecule has 2 N–H and O–H groups in total. The summed E-state index contributed by atoms with van der Waals surface area (Å²) in [5, 5.41) is 2.75. The number of aryl methyl sites for hydroxylation is 2. The number of sulfonamides is 1. The summed E-state index contributed by atoms with van der Waals surface area (Å²) in [7, 11) is -4.17. The second-order valence-electron chi connectivity index (χ2n) is 6.25.